The van der Waals surface area contributed by atoms with Crippen LogP contribution in [-0.2, 0) is 5.41 Å². The average molecular weight is 288 g/mol. The van der Waals surface area contributed by atoms with Gasteiger partial charge in [-0.3, -0.25) is 0 Å². The first kappa shape index (κ1) is 10.8. The molecule has 1 N–H and O–H groups in total. The molecule has 1 nitrogen and oxygen atoms in total. The van der Waals surface area contributed by atoms with Gasteiger partial charge in [-0.05, 0) is 35.4 Å². The van der Waals surface area contributed by atoms with Crippen LogP contribution in [0.2, 0.25) is 0 Å². The second-order valence-electron chi connectivity index (χ2n) is 4.99. The Morgan fingerprint density at radius 3 is 2.47 bits per heavy atom. The summed E-state index contributed by atoms with van der Waals surface area (Å²) in [4.78, 5) is 0. The molecule has 0 spiro atoms. The van der Waals surface area contributed by atoms with Crippen molar-refractivity contribution in [3.05, 3.63) is 58.1 Å². The van der Waals surface area contributed by atoms with Gasteiger partial charge in [-0.25, -0.2) is 0 Å². The Hall–Kier alpha value is -1.28. The Balaban J connectivity index is 2.27. The number of halogens is 1. The fourth-order valence-electron chi connectivity index (χ4n) is 2.57. The quantitative estimate of drug-likeness (QED) is 0.732. The van der Waals surface area contributed by atoms with Crippen molar-refractivity contribution < 1.29 is 0 Å². The largest absolute Gasteiger partial charge is 0.355 e. The second kappa shape index (κ2) is 3.61. The number of para-hydroxylation sites is 1. The fraction of sp³-hybridized carbons (Fsp3) is 0.200. The third kappa shape index (κ3) is 1.59. The van der Waals surface area contributed by atoms with Crippen molar-refractivity contribution in [2.75, 3.05) is 5.32 Å². The first-order chi connectivity index (χ1) is 8.09. The SMILES string of the molecule is CC1(C)c2ccccc2Nc2ccc(Br)cc21. The Kier molecular flexibility index (Phi) is 2.30. The molecule has 86 valence electrons. The van der Waals surface area contributed by atoms with Gasteiger partial charge in [0.1, 0.15) is 0 Å². The van der Waals surface area contributed by atoms with Crippen molar-refractivity contribution in [3.63, 3.8) is 0 Å². The normalized spacial score (nSPS) is 15.7. The van der Waals surface area contributed by atoms with Gasteiger partial charge in [0.15, 0.2) is 0 Å². The van der Waals surface area contributed by atoms with Gasteiger partial charge in [0.05, 0.1) is 0 Å². The maximum absolute atomic E-state index is 3.55. The number of nitrogens with one attached hydrogen (secondary N) is 1. The summed E-state index contributed by atoms with van der Waals surface area (Å²) in [5.74, 6) is 0. The van der Waals surface area contributed by atoms with Crippen molar-refractivity contribution >= 4 is 27.3 Å². The molecule has 0 radical (unpaired) electrons. The van der Waals surface area contributed by atoms with Crippen LogP contribution in [0.5, 0.6) is 0 Å². The van der Waals surface area contributed by atoms with E-state index in [9.17, 15) is 0 Å². The van der Waals surface area contributed by atoms with Gasteiger partial charge in [-0.1, -0.05) is 48.0 Å². The summed E-state index contributed by atoms with van der Waals surface area (Å²) < 4.78 is 1.13. The number of fused-ring (bicyclic) bond motifs is 2. The lowest BCUT2D eigenvalue weighted by molar-refractivity contribution is 0.637. The van der Waals surface area contributed by atoms with Crippen molar-refractivity contribution in [3.8, 4) is 0 Å². The molecule has 1 heterocycles. The first-order valence-electron chi connectivity index (χ1n) is 5.75. The van der Waals surface area contributed by atoms with Gasteiger partial charge in [0, 0.05) is 21.3 Å². The topological polar surface area (TPSA) is 12.0 Å². The molecule has 1 aliphatic heterocycles. The highest BCUT2D eigenvalue weighted by Crippen LogP contribution is 2.45. The summed E-state index contributed by atoms with van der Waals surface area (Å²) in [6.45, 7) is 4.55. The molecule has 2 heteroatoms. The molecule has 1 aliphatic rings. The molecule has 2 aromatic carbocycles. The van der Waals surface area contributed by atoms with Crippen LogP contribution in [0.25, 0.3) is 0 Å². The van der Waals surface area contributed by atoms with E-state index in [0.29, 0.717) is 0 Å². The van der Waals surface area contributed by atoms with Crippen molar-refractivity contribution in [2.45, 2.75) is 19.3 Å². The van der Waals surface area contributed by atoms with Gasteiger partial charge in [-0.15, -0.1) is 0 Å². The zero-order valence-electron chi connectivity index (χ0n) is 9.92. The number of hydrogen-bond donors (Lipinski definition) is 1. The lowest BCUT2D eigenvalue weighted by Gasteiger charge is -2.35. The molecule has 0 saturated heterocycles. The van der Waals surface area contributed by atoms with Crippen molar-refractivity contribution in [2.24, 2.45) is 0 Å². The van der Waals surface area contributed by atoms with Crippen molar-refractivity contribution in [1.29, 1.82) is 0 Å². The van der Waals surface area contributed by atoms with E-state index in [-0.39, 0.29) is 5.41 Å². The van der Waals surface area contributed by atoms with Crippen LogP contribution in [0.15, 0.2) is 46.9 Å². The van der Waals surface area contributed by atoms with Gasteiger partial charge in [0.2, 0.25) is 0 Å². The average Bonchev–Trinajstić information content (AvgIpc) is 2.31. The zero-order valence-corrected chi connectivity index (χ0v) is 11.5. The predicted octanol–water partition coefficient (Wildman–Crippen LogP) is 4.83. The minimum Gasteiger partial charge on any atom is -0.355 e. The zero-order chi connectivity index (χ0) is 12.0. The third-order valence-electron chi connectivity index (χ3n) is 3.52. The van der Waals surface area contributed by atoms with E-state index in [2.05, 4.69) is 77.6 Å². The Morgan fingerprint density at radius 2 is 1.65 bits per heavy atom. The molecule has 0 aromatic heterocycles. The summed E-state index contributed by atoms with van der Waals surface area (Å²) in [6.07, 6.45) is 0. The molecule has 0 fully saturated rings. The van der Waals surface area contributed by atoms with E-state index in [4.69, 9.17) is 0 Å². The van der Waals surface area contributed by atoms with E-state index in [1.165, 1.54) is 22.5 Å². The second-order valence-corrected chi connectivity index (χ2v) is 5.90. The Labute approximate surface area is 110 Å². The number of rotatable bonds is 0. The van der Waals surface area contributed by atoms with E-state index in [1.807, 2.05) is 0 Å². The Morgan fingerprint density at radius 1 is 0.941 bits per heavy atom. The summed E-state index contributed by atoms with van der Waals surface area (Å²) in [5.41, 5.74) is 5.15. The number of benzene rings is 2. The molecule has 2 aromatic rings. The molecule has 3 rings (SSSR count). The maximum Gasteiger partial charge on any atom is 0.0426 e. The Bertz CT molecular complexity index is 587. The molecule has 0 amide bonds. The molecule has 0 atom stereocenters. The van der Waals surface area contributed by atoms with E-state index in [1.54, 1.807) is 0 Å². The maximum atomic E-state index is 3.55. The molecule has 0 bridgehead atoms. The summed E-state index contributed by atoms with van der Waals surface area (Å²) in [5, 5.41) is 3.50. The molecule has 0 unspecified atom stereocenters. The summed E-state index contributed by atoms with van der Waals surface area (Å²) in [6, 6.07) is 14.9. The van der Waals surface area contributed by atoms with Crippen LogP contribution in [0.1, 0.15) is 25.0 Å². The summed E-state index contributed by atoms with van der Waals surface area (Å²) in [7, 11) is 0. The van der Waals surface area contributed by atoms with Crippen LogP contribution >= 0.6 is 15.9 Å². The van der Waals surface area contributed by atoms with Gasteiger partial charge in [0.25, 0.3) is 0 Å². The minimum absolute atomic E-state index is 0.0426. The molecule has 0 saturated carbocycles. The van der Waals surface area contributed by atoms with Crippen LogP contribution in [0.3, 0.4) is 0 Å². The highest BCUT2D eigenvalue weighted by Gasteiger charge is 2.32. The van der Waals surface area contributed by atoms with Gasteiger partial charge < -0.3 is 5.32 Å². The van der Waals surface area contributed by atoms with E-state index in [0.717, 1.165) is 4.47 Å². The highest BCUT2D eigenvalue weighted by molar-refractivity contribution is 9.10. The summed E-state index contributed by atoms with van der Waals surface area (Å²) >= 11 is 3.55. The smallest absolute Gasteiger partial charge is 0.0426 e. The standard InChI is InChI=1S/C15H14BrN/c1-15(2)11-5-3-4-6-13(11)17-14-8-7-10(16)9-12(14)15/h3-9,17H,1-2H3. The predicted molar refractivity (Wildman–Crippen MR) is 76.0 cm³/mol. The molecular weight excluding hydrogens is 274 g/mol. The van der Waals surface area contributed by atoms with E-state index >= 15 is 0 Å². The molecule has 17 heavy (non-hydrogen) atoms. The monoisotopic (exact) mass is 287 g/mol. The van der Waals surface area contributed by atoms with Gasteiger partial charge in [-0.2, -0.15) is 0 Å². The lowest BCUT2D eigenvalue weighted by Crippen LogP contribution is -2.25. The van der Waals surface area contributed by atoms with Gasteiger partial charge >= 0.3 is 0 Å². The van der Waals surface area contributed by atoms with Crippen LogP contribution in [0, 0.1) is 0 Å². The first-order valence-corrected chi connectivity index (χ1v) is 6.55. The minimum atomic E-state index is 0.0426. The number of anilines is 2. The van der Waals surface area contributed by atoms with Crippen LogP contribution < -0.4 is 5.32 Å². The van der Waals surface area contributed by atoms with Crippen LogP contribution in [0.4, 0.5) is 11.4 Å². The van der Waals surface area contributed by atoms with Crippen LogP contribution in [-0.4, -0.2) is 0 Å². The van der Waals surface area contributed by atoms with E-state index < -0.39 is 0 Å². The lowest BCUT2D eigenvalue weighted by atomic mass is 9.74. The molecular formula is C15H14BrN. The third-order valence-corrected chi connectivity index (χ3v) is 4.02. The fourth-order valence-corrected chi connectivity index (χ4v) is 2.93. The van der Waals surface area contributed by atoms with Crippen molar-refractivity contribution in [1.82, 2.24) is 0 Å². The molecule has 0 aliphatic carbocycles. The highest BCUT2D eigenvalue weighted by atomic mass is 79.9. The number of hydrogen-bond acceptors (Lipinski definition) is 1.